The molecule has 0 bridgehead atoms. The minimum atomic E-state index is -0.183. The summed E-state index contributed by atoms with van der Waals surface area (Å²) in [6, 6.07) is 0. The number of rotatable bonds is 0. The molecule has 0 spiro atoms. The van der Waals surface area contributed by atoms with E-state index >= 15 is 0 Å². The van der Waals surface area contributed by atoms with Gasteiger partial charge >= 0.3 is 0 Å². The van der Waals surface area contributed by atoms with Crippen LogP contribution in [-0.2, 0) is 0 Å². The van der Waals surface area contributed by atoms with Crippen molar-refractivity contribution in [3.63, 3.8) is 0 Å². The van der Waals surface area contributed by atoms with E-state index in [1.54, 1.807) is 0 Å². The fourth-order valence-corrected chi connectivity index (χ4v) is 2.25. The first-order valence-corrected chi connectivity index (χ1v) is 6.34. The molecule has 1 aliphatic carbocycles. The van der Waals surface area contributed by atoms with Crippen LogP contribution in [0.2, 0.25) is 0 Å². The Bertz CT molecular complexity index is 299. The van der Waals surface area contributed by atoms with Gasteiger partial charge in [-0.2, -0.15) is 0 Å². The molecule has 0 saturated carbocycles. The fraction of sp³-hybridized carbons (Fsp3) is 0.733. The first-order valence-electron chi connectivity index (χ1n) is 6.34. The van der Waals surface area contributed by atoms with E-state index in [9.17, 15) is 5.11 Å². The summed E-state index contributed by atoms with van der Waals surface area (Å²) in [5.74, 6) is 6.38. The Labute approximate surface area is 101 Å². The number of aliphatic hydroxyl groups is 1. The van der Waals surface area contributed by atoms with Crippen molar-refractivity contribution in [1.82, 2.24) is 0 Å². The van der Waals surface area contributed by atoms with Crippen molar-refractivity contribution in [3.8, 4) is 11.8 Å². The second-order valence-corrected chi connectivity index (χ2v) is 4.76. The number of aliphatic hydroxyl groups excluding tert-OH is 1. The van der Waals surface area contributed by atoms with Crippen molar-refractivity contribution in [2.24, 2.45) is 5.41 Å². The van der Waals surface area contributed by atoms with Gasteiger partial charge in [-0.15, -0.1) is 0 Å². The Morgan fingerprint density at radius 2 is 1.94 bits per heavy atom. The molecule has 1 aliphatic rings. The van der Waals surface area contributed by atoms with Crippen LogP contribution in [0.1, 0.15) is 60.8 Å². The molecule has 0 amide bonds. The van der Waals surface area contributed by atoms with Crippen LogP contribution >= 0.6 is 0 Å². The van der Waals surface area contributed by atoms with Gasteiger partial charge < -0.3 is 5.11 Å². The van der Waals surface area contributed by atoms with E-state index in [-0.39, 0.29) is 11.5 Å². The highest BCUT2D eigenvalue weighted by atomic mass is 16.3. The Balaban J connectivity index is 0.00000106. The summed E-state index contributed by atoms with van der Waals surface area (Å²) in [6.45, 7) is 12.5. The smallest absolute Gasteiger partial charge is 0.0586 e. The summed E-state index contributed by atoms with van der Waals surface area (Å²) in [5, 5.41) is 9.68. The average molecular weight is 222 g/mol. The van der Waals surface area contributed by atoms with Crippen LogP contribution in [0.15, 0.2) is 11.1 Å². The minimum absolute atomic E-state index is 0.0456. The molecular formula is C15H26O. The van der Waals surface area contributed by atoms with Crippen LogP contribution in [0.25, 0.3) is 0 Å². The average Bonchev–Trinajstić information content (AvgIpc) is 2.18. The van der Waals surface area contributed by atoms with Crippen LogP contribution in [0.3, 0.4) is 0 Å². The zero-order valence-corrected chi connectivity index (χ0v) is 11.6. The van der Waals surface area contributed by atoms with E-state index in [0.29, 0.717) is 0 Å². The highest BCUT2D eigenvalue weighted by Crippen LogP contribution is 2.39. The predicted molar refractivity (Wildman–Crippen MR) is 71.1 cm³/mol. The van der Waals surface area contributed by atoms with Crippen LogP contribution < -0.4 is 0 Å². The molecule has 0 fully saturated rings. The number of allylic oxidation sites excluding steroid dienone is 1. The Kier molecular flexibility index (Phi) is 6.45. The van der Waals surface area contributed by atoms with Gasteiger partial charge in [0.05, 0.1) is 6.10 Å². The zero-order valence-electron chi connectivity index (χ0n) is 11.6. The molecule has 0 aromatic carbocycles. The van der Waals surface area contributed by atoms with Gasteiger partial charge in [-0.05, 0) is 19.8 Å². The molecular weight excluding hydrogens is 196 g/mol. The van der Waals surface area contributed by atoms with Crippen LogP contribution in [0.4, 0.5) is 0 Å². The number of hydrogen-bond donors (Lipinski definition) is 1. The highest BCUT2D eigenvalue weighted by Gasteiger charge is 2.31. The Morgan fingerprint density at radius 1 is 1.38 bits per heavy atom. The molecule has 1 heteroatoms. The van der Waals surface area contributed by atoms with E-state index in [2.05, 4.69) is 39.5 Å². The van der Waals surface area contributed by atoms with Gasteiger partial charge in [-0.25, -0.2) is 0 Å². The molecule has 1 N–H and O–H groups in total. The van der Waals surface area contributed by atoms with E-state index in [0.717, 1.165) is 19.3 Å². The van der Waals surface area contributed by atoms with Crippen molar-refractivity contribution in [1.29, 1.82) is 0 Å². The molecule has 16 heavy (non-hydrogen) atoms. The maximum atomic E-state index is 9.68. The van der Waals surface area contributed by atoms with Crippen LogP contribution in [0, 0.1) is 17.3 Å². The quantitative estimate of drug-likeness (QED) is 0.616. The molecule has 0 saturated heterocycles. The van der Waals surface area contributed by atoms with Gasteiger partial charge in [0.15, 0.2) is 0 Å². The monoisotopic (exact) mass is 222 g/mol. The lowest BCUT2D eigenvalue weighted by Crippen LogP contribution is -2.28. The maximum Gasteiger partial charge on any atom is 0.0586 e. The van der Waals surface area contributed by atoms with Crippen LogP contribution in [-0.4, -0.2) is 11.2 Å². The standard InChI is InChI=1S/C13H20O.C2H6/c1-5-6-7-12-10(2)8-11(14)9-13(12,3)4;1-2/h11,14H,5,8-9H2,1-4H3;1-2H3. The van der Waals surface area contributed by atoms with Crippen molar-refractivity contribution in [2.45, 2.75) is 66.9 Å². The van der Waals surface area contributed by atoms with Crippen molar-refractivity contribution >= 4 is 0 Å². The maximum absolute atomic E-state index is 9.68. The van der Waals surface area contributed by atoms with Gasteiger partial charge in [-0.1, -0.05) is 52.0 Å². The molecule has 0 aromatic heterocycles. The first-order chi connectivity index (χ1) is 7.47. The van der Waals surface area contributed by atoms with Crippen LogP contribution in [0.5, 0.6) is 0 Å². The van der Waals surface area contributed by atoms with E-state index in [4.69, 9.17) is 0 Å². The molecule has 1 unspecified atom stereocenters. The zero-order chi connectivity index (χ0) is 12.8. The predicted octanol–water partition coefficient (Wildman–Crippen LogP) is 3.92. The third-order valence-electron chi connectivity index (χ3n) is 2.78. The normalized spacial score (nSPS) is 22.8. The molecule has 1 nitrogen and oxygen atoms in total. The molecule has 1 atom stereocenters. The first kappa shape index (κ1) is 15.3. The fourth-order valence-electron chi connectivity index (χ4n) is 2.25. The lowest BCUT2D eigenvalue weighted by molar-refractivity contribution is 0.117. The van der Waals surface area contributed by atoms with E-state index in [1.807, 2.05) is 13.8 Å². The second kappa shape index (κ2) is 6.76. The topological polar surface area (TPSA) is 20.2 Å². The SMILES string of the molecule is CC.CCC#CC1=C(C)CC(O)CC1(C)C. The third-order valence-corrected chi connectivity index (χ3v) is 2.78. The lowest BCUT2D eigenvalue weighted by atomic mass is 9.72. The van der Waals surface area contributed by atoms with Gasteiger partial charge in [-0.3, -0.25) is 0 Å². The van der Waals surface area contributed by atoms with Gasteiger partial charge in [0.1, 0.15) is 0 Å². The van der Waals surface area contributed by atoms with Gasteiger partial charge in [0.25, 0.3) is 0 Å². The molecule has 0 aliphatic heterocycles. The highest BCUT2D eigenvalue weighted by molar-refractivity contribution is 5.39. The molecule has 0 radical (unpaired) electrons. The lowest BCUT2D eigenvalue weighted by Gasteiger charge is -2.34. The summed E-state index contributed by atoms with van der Waals surface area (Å²) in [6.07, 6.45) is 2.34. The Hall–Kier alpha value is -0.740. The van der Waals surface area contributed by atoms with Crippen molar-refractivity contribution in [3.05, 3.63) is 11.1 Å². The summed E-state index contributed by atoms with van der Waals surface area (Å²) in [7, 11) is 0. The van der Waals surface area contributed by atoms with E-state index < -0.39 is 0 Å². The van der Waals surface area contributed by atoms with Gasteiger partial charge in [0.2, 0.25) is 0 Å². The summed E-state index contributed by atoms with van der Waals surface area (Å²) in [5.41, 5.74) is 2.54. The molecule has 0 aromatic rings. The largest absolute Gasteiger partial charge is 0.393 e. The third kappa shape index (κ3) is 4.02. The molecule has 0 heterocycles. The molecule has 92 valence electrons. The summed E-state index contributed by atoms with van der Waals surface area (Å²) < 4.78 is 0. The number of hydrogen-bond acceptors (Lipinski definition) is 1. The van der Waals surface area contributed by atoms with Gasteiger partial charge in [0, 0.05) is 17.4 Å². The minimum Gasteiger partial charge on any atom is -0.393 e. The Morgan fingerprint density at radius 3 is 2.38 bits per heavy atom. The second-order valence-electron chi connectivity index (χ2n) is 4.76. The summed E-state index contributed by atoms with van der Waals surface area (Å²) >= 11 is 0. The summed E-state index contributed by atoms with van der Waals surface area (Å²) in [4.78, 5) is 0. The van der Waals surface area contributed by atoms with Crippen molar-refractivity contribution < 1.29 is 5.11 Å². The van der Waals surface area contributed by atoms with Crippen molar-refractivity contribution in [2.75, 3.05) is 0 Å². The molecule has 1 rings (SSSR count). The van der Waals surface area contributed by atoms with E-state index in [1.165, 1.54) is 11.1 Å².